The van der Waals surface area contributed by atoms with Crippen molar-refractivity contribution in [3.63, 3.8) is 0 Å². The van der Waals surface area contributed by atoms with Gasteiger partial charge in [-0.05, 0) is 6.42 Å². The maximum atomic E-state index is 10.6. The third-order valence-corrected chi connectivity index (χ3v) is 1.55. The van der Waals surface area contributed by atoms with Gasteiger partial charge in [-0.1, -0.05) is 6.92 Å². The molecule has 5 nitrogen and oxygen atoms in total. The minimum atomic E-state index is -1.11. The van der Waals surface area contributed by atoms with Crippen molar-refractivity contribution in [3.8, 4) is 6.07 Å². The van der Waals surface area contributed by atoms with E-state index in [9.17, 15) is 4.79 Å². The quantitative estimate of drug-likeness (QED) is 0.746. The molecule has 0 amide bonds. The van der Waals surface area contributed by atoms with E-state index in [-0.39, 0.29) is 11.3 Å². The molecule has 0 radical (unpaired) electrons. The zero-order valence-corrected chi connectivity index (χ0v) is 7.19. The predicted octanol–water partition coefficient (Wildman–Crippen LogP) is 0.863. The highest BCUT2D eigenvalue weighted by atomic mass is 16.4. The highest BCUT2D eigenvalue weighted by Crippen LogP contribution is 2.05. The fourth-order valence-electron chi connectivity index (χ4n) is 1.00. The lowest BCUT2D eigenvalue weighted by Crippen LogP contribution is -1.97. The van der Waals surface area contributed by atoms with Crippen LogP contribution in [0.2, 0.25) is 0 Å². The molecule has 1 aromatic rings. The SMILES string of the molecule is CCCn1cc(C(=O)O)c(C#N)n1. The number of hydrogen-bond donors (Lipinski definition) is 1. The van der Waals surface area contributed by atoms with Crippen LogP contribution in [0, 0.1) is 11.3 Å². The lowest BCUT2D eigenvalue weighted by molar-refractivity contribution is 0.0696. The van der Waals surface area contributed by atoms with E-state index >= 15 is 0 Å². The van der Waals surface area contributed by atoms with E-state index in [2.05, 4.69) is 5.10 Å². The molecule has 13 heavy (non-hydrogen) atoms. The maximum Gasteiger partial charge on any atom is 0.340 e. The lowest BCUT2D eigenvalue weighted by atomic mass is 10.3. The van der Waals surface area contributed by atoms with Gasteiger partial charge in [-0.3, -0.25) is 4.68 Å². The van der Waals surface area contributed by atoms with Gasteiger partial charge in [0, 0.05) is 12.7 Å². The van der Waals surface area contributed by atoms with Crippen LogP contribution < -0.4 is 0 Å². The summed E-state index contributed by atoms with van der Waals surface area (Å²) in [6, 6.07) is 1.74. The number of nitriles is 1. The second kappa shape index (κ2) is 3.72. The van der Waals surface area contributed by atoms with E-state index in [1.807, 2.05) is 6.92 Å². The molecule has 0 saturated carbocycles. The van der Waals surface area contributed by atoms with Crippen molar-refractivity contribution in [2.75, 3.05) is 0 Å². The highest BCUT2D eigenvalue weighted by molar-refractivity contribution is 5.89. The van der Waals surface area contributed by atoms with Crippen molar-refractivity contribution < 1.29 is 9.90 Å². The van der Waals surface area contributed by atoms with Gasteiger partial charge in [-0.15, -0.1) is 0 Å². The average molecular weight is 179 g/mol. The first-order chi connectivity index (χ1) is 6.19. The summed E-state index contributed by atoms with van der Waals surface area (Å²) in [6.07, 6.45) is 2.23. The first-order valence-electron chi connectivity index (χ1n) is 3.90. The van der Waals surface area contributed by atoms with E-state index in [1.165, 1.54) is 10.9 Å². The Hall–Kier alpha value is -1.83. The number of carboxylic acid groups (broad SMARTS) is 1. The van der Waals surface area contributed by atoms with E-state index in [0.717, 1.165) is 6.42 Å². The third kappa shape index (κ3) is 1.85. The van der Waals surface area contributed by atoms with Crippen LogP contribution in [0.5, 0.6) is 0 Å². The molecule has 1 aromatic heterocycles. The molecule has 1 rings (SSSR count). The number of hydrogen-bond acceptors (Lipinski definition) is 3. The number of aromatic carboxylic acids is 1. The third-order valence-electron chi connectivity index (χ3n) is 1.55. The minimum Gasteiger partial charge on any atom is -0.478 e. The molecule has 0 fully saturated rings. The van der Waals surface area contributed by atoms with Crippen molar-refractivity contribution in [1.82, 2.24) is 9.78 Å². The second-order valence-corrected chi connectivity index (χ2v) is 2.57. The molecule has 0 aliphatic heterocycles. The fourth-order valence-corrected chi connectivity index (χ4v) is 1.00. The summed E-state index contributed by atoms with van der Waals surface area (Å²) in [5.41, 5.74) is -0.0584. The normalized spacial score (nSPS) is 9.54. The van der Waals surface area contributed by atoms with Crippen LogP contribution >= 0.6 is 0 Å². The predicted molar refractivity (Wildman–Crippen MR) is 44.2 cm³/mol. The number of carboxylic acids is 1. The van der Waals surface area contributed by atoms with Crippen LogP contribution in [-0.4, -0.2) is 20.9 Å². The molecule has 0 aromatic carbocycles. The van der Waals surface area contributed by atoms with Gasteiger partial charge in [-0.25, -0.2) is 4.79 Å². The Morgan fingerprint density at radius 1 is 1.85 bits per heavy atom. The van der Waals surface area contributed by atoms with E-state index in [0.29, 0.717) is 6.54 Å². The summed E-state index contributed by atoms with van der Waals surface area (Å²) in [7, 11) is 0. The number of aryl methyl sites for hydroxylation is 1. The second-order valence-electron chi connectivity index (χ2n) is 2.57. The largest absolute Gasteiger partial charge is 0.478 e. The Morgan fingerprint density at radius 2 is 2.54 bits per heavy atom. The van der Waals surface area contributed by atoms with Crippen molar-refractivity contribution in [3.05, 3.63) is 17.5 Å². The number of carbonyl (C=O) groups is 1. The average Bonchev–Trinajstić information content (AvgIpc) is 2.48. The van der Waals surface area contributed by atoms with Gasteiger partial charge < -0.3 is 5.11 Å². The number of nitrogens with zero attached hydrogens (tertiary/aromatic N) is 3. The summed E-state index contributed by atoms with van der Waals surface area (Å²) < 4.78 is 1.47. The molecule has 0 aliphatic rings. The number of rotatable bonds is 3. The summed E-state index contributed by atoms with van der Waals surface area (Å²) >= 11 is 0. The minimum absolute atomic E-state index is 0.0269. The molecule has 0 aliphatic carbocycles. The van der Waals surface area contributed by atoms with Crippen LogP contribution in [0.4, 0.5) is 0 Å². The molecule has 0 bridgehead atoms. The van der Waals surface area contributed by atoms with E-state index in [4.69, 9.17) is 10.4 Å². The molecule has 0 atom stereocenters. The summed E-state index contributed by atoms with van der Waals surface area (Å²) in [4.78, 5) is 10.6. The molecule has 1 N–H and O–H groups in total. The standard InChI is InChI=1S/C8H9N3O2/c1-2-3-11-5-6(8(12)13)7(4-9)10-11/h5H,2-3H2,1H3,(H,12,13). The molecular weight excluding hydrogens is 170 g/mol. The Morgan fingerprint density at radius 3 is 2.92 bits per heavy atom. The summed E-state index contributed by atoms with van der Waals surface area (Å²) in [5.74, 6) is -1.11. The van der Waals surface area contributed by atoms with Crippen LogP contribution in [-0.2, 0) is 6.54 Å². The fraction of sp³-hybridized carbons (Fsp3) is 0.375. The first-order valence-corrected chi connectivity index (χ1v) is 3.90. The van der Waals surface area contributed by atoms with Gasteiger partial charge in [-0.2, -0.15) is 10.4 Å². The highest BCUT2D eigenvalue weighted by Gasteiger charge is 2.14. The van der Waals surface area contributed by atoms with Crippen molar-refractivity contribution in [2.24, 2.45) is 0 Å². The molecule has 0 saturated heterocycles. The summed E-state index contributed by atoms with van der Waals surface area (Å²) in [6.45, 7) is 2.58. The van der Waals surface area contributed by atoms with Crippen LogP contribution in [0.15, 0.2) is 6.20 Å². The van der Waals surface area contributed by atoms with E-state index < -0.39 is 5.97 Å². The van der Waals surface area contributed by atoms with Crippen LogP contribution in [0.3, 0.4) is 0 Å². The molecule has 1 heterocycles. The van der Waals surface area contributed by atoms with Crippen LogP contribution in [0.25, 0.3) is 0 Å². The van der Waals surface area contributed by atoms with Crippen molar-refractivity contribution in [1.29, 1.82) is 5.26 Å². The topological polar surface area (TPSA) is 78.9 Å². The zero-order valence-electron chi connectivity index (χ0n) is 7.19. The molecule has 5 heteroatoms. The van der Waals surface area contributed by atoms with Gasteiger partial charge in [0.1, 0.15) is 11.6 Å². The molecule has 0 unspecified atom stereocenters. The zero-order chi connectivity index (χ0) is 9.84. The molecular formula is C8H9N3O2. The summed E-state index contributed by atoms with van der Waals surface area (Å²) in [5, 5.41) is 21.0. The van der Waals surface area contributed by atoms with Crippen molar-refractivity contribution >= 4 is 5.97 Å². The Bertz CT molecular complexity index is 362. The smallest absolute Gasteiger partial charge is 0.340 e. The number of aromatic nitrogens is 2. The van der Waals surface area contributed by atoms with Gasteiger partial charge in [0.05, 0.1) is 0 Å². The van der Waals surface area contributed by atoms with Crippen molar-refractivity contribution in [2.45, 2.75) is 19.9 Å². The van der Waals surface area contributed by atoms with Gasteiger partial charge in [0.25, 0.3) is 0 Å². The monoisotopic (exact) mass is 179 g/mol. The molecule has 68 valence electrons. The maximum absolute atomic E-state index is 10.6. The lowest BCUT2D eigenvalue weighted by Gasteiger charge is -1.93. The van der Waals surface area contributed by atoms with E-state index in [1.54, 1.807) is 6.07 Å². The molecule has 0 spiro atoms. The Kier molecular flexibility index (Phi) is 2.65. The van der Waals surface area contributed by atoms with Gasteiger partial charge in [0.15, 0.2) is 5.69 Å². The first kappa shape index (κ1) is 9.26. The Balaban J connectivity index is 3.06. The van der Waals surface area contributed by atoms with Crippen LogP contribution in [0.1, 0.15) is 29.4 Å². The Labute approximate surface area is 75.2 Å². The van der Waals surface area contributed by atoms with Gasteiger partial charge >= 0.3 is 5.97 Å². The van der Waals surface area contributed by atoms with Gasteiger partial charge in [0.2, 0.25) is 0 Å².